The van der Waals surface area contributed by atoms with Crippen LogP contribution in [0.2, 0.25) is 0 Å². The van der Waals surface area contributed by atoms with E-state index in [1.165, 1.54) is 13.2 Å². The number of hydrogen-bond donors (Lipinski definition) is 0. The first-order chi connectivity index (χ1) is 11.5. The van der Waals surface area contributed by atoms with Crippen LogP contribution in [-0.2, 0) is 11.3 Å². The molecule has 0 heterocycles. The van der Waals surface area contributed by atoms with Crippen LogP contribution in [-0.4, -0.2) is 13.1 Å². The Morgan fingerprint density at radius 1 is 1.21 bits per heavy atom. The van der Waals surface area contributed by atoms with E-state index in [2.05, 4.69) is 0 Å². The van der Waals surface area contributed by atoms with Gasteiger partial charge in [0.2, 0.25) is 0 Å². The van der Waals surface area contributed by atoms with E-state index >= 15 is 0 Å². The third-order valence-corrected chi connectivity index (χ3v) is 4.46. The monoisotopic (exact) mass is 328 g/mol. The second-order valence-electron chi connectivity index (χ2n) is 6.29. The predicted molar refractivity (Wildman–Crippen MR) is 90.0 cm³/mol. The van der Waals surface area contributed by atoms with Crippen molar-refractivity contribution in [1.82, 2.24) is 0 Å². The van der Waals surface area contributed by atoms with Gasteiger partial charge >= 0.3 is 5.97 Å². The van der Waals surface area contributed by atoms with Gasteiger partial charge in [0.05, 0.1) is 12.7 Å². The lowest BCUT2D eigenvalue weighted by molar-refractivity contribution is 0.0597. The van der Waals surface area contributed by atoms with E-state index in [-0.39, 0.29) is 18.4 Å². The van der Waals surface area contributed by atoms with Crippen molar-refractivity contribution in [3.63, 3.8) is 0 Å². The van der Waals surface area contributed by atoms with Gasteiger partial charge in [-0.1, -0.05) is 12.1 Å². The number of hydrogen-bond acceptors (Lipinski definition) is 3. The molecule has 126 valence electrons. The zero-order chi connectivity index (χ0) is 17.3. The molecule has 0 aliphatic heterocycles. The lowest BCUT2D eigenvalue weighted by atomic mass is 9.98. The molecular weight excluding hydrogens is 307 g/mol. The fourth-order valence-corrected chi connectivity index (χ4v) is 2.96. The topological polar surface area (TPSA) is 35.5 Å². The summed E-state index contributed by atoms with van der Waals surface area (Å²) in [5, 5.41) is 0. The first-order valence-corrected chi connectivity index (χ1v) is 8.11. The maximum Gasteiger partial charge on any atom is 0.338 e. The second kappa shape index (κ2) is 6.63. The standard InChI is InChI=1S/C20H21FO3/c1-12-9-13(2)19(10-18(12)21)24-11-17-15(14-7-8-14)5-4-6-16(17)20(22)23-3/h4-6,9-10,14H,7-8,11H2,1-3H3. The molecule has 24 heavy (non-hydrogen) atoms. The Bertz CT molecular complexity index is 779. The van der Waals surface area contributed by atoms with Crippen molar-refractivity contribution in [3.05, 3.63) is 64.0 Å². The van der Waals surface area contributed by atoms with Gasteiger partial charge in [0, 0.05) is 11.6 Å². The molecule has 0 radical (unpaired) electrons. The molecule has 0 atom stereocenters. The number of ether oxygens (including phenoxy) is 2. The van der Waals surface area contributed by atoms with E-state index in [4.69, 9.17) is 9.47 Å². The zero-order valence-corrected chi connectivity index (χ0v) is 14.2. The first-order valence-electron chi connectivity index (χ1n) is 8.11. The molecule has 1 aliphatic rings. The molecule has 4 heteroatoms. The van der Waals surface area contributed by atoms with Crippen LogP contribution in [0.25, 0.3) is 0 Å². The first kappa shape index (κ1) is 16.5. The van der Waals surface area contributed by atoms with E-state index in [0.29, 0.717) is 22.8 Å². The summed E-state index contributed by atoms with van der Waals surface area (Å²) in [5.41, 5.74) is 3.95. The Morgan fingerprint density at radius 2 is 1.96 bits per heavy atom. The van der Waals surface area contributed by atoms with Crippen molar-refractivity contribution < 1.29 is 18.7 Å². The van der Waals surface area contributed by atoms with Crippen molar-refractivity contribution in [3.8, 4) is 5.75 Å². The van der Waals surface area contributed by atoms with Crippen LogP contribution >= 0.6 is 0 Å². The molecule has 2 aromatic rings. The molecule has 2 aromatic carbocycles. The molecule has 3 nitrogen and oxygen atoms in total. The Balaban J connectivity index is 1.92. The smallest absolute Gasteiger partial charge is 0.338 e. The van der Waals surface area contributed by atoms with Crippen molar-refractivity contribution in [2.24, 2.45) is 0 Å². The highest BCUT2D eigenvalue weighted by atomic mass is 19.1. The maximum absolute atomic E-state index is 13.8. The van der Waals surface area contributed by atoms with Gasteiger partial charge in [0.1, 0.15) is 18.2 Å². The Morgan fingerprint density at radius 3 is 2.62 bits per heavy atom. The van der Waals surface area contributed by atoms with E-state index in [9.17, 15) is 9.18 Å². The Labute approximate surface area is 141 Å². The molecule has 3 rings (SSSR count). The summed E-state index contributed by atoms with van der Waals surface area (Å²) in [4.78, 5) is 12.1. The van der Waals surface area contributed by atoms with Gasteiger partial charge in [0.25, 0.3) is 0 Å². The summed E-state index contributed by atoms with van der Waals surface area (Å²) in [5.74, 6) is 0.311. The van der Waals surface area contributed by atoms with E-state index in [1.807, 2.05) is 19.1 Å². The predicted octanol–water partition coefficient (Wildman–Crippen LogP) is 4.69. The average Bonchev–Trinajstić information content (AvgIpc) is 3.41. The van der Waals surface area contributed by atoms with Gasteiger partial charge in [-0.05, 0) is 61.4 Å². The number of esters is 1. The van der Waals surface area contributed by atoms with Gasteiger partial charge in [0.15, 0.2) is 0 Å². The number of aryl methyl sites for hydroxylation is 2. The average molecular weight is 328 g/mol. The quantitative estimate of drug-likeness (QED) is 0.747. The highest BCUT2D eigenvalue weighted by Gasteiger charge is 2.28. The summed E-state index contributed by atoms with van der Waals surface area (Å²) in [6.45, 7) is 3.83. The SMILES string of the molecule is COC(=O)c1cccc(C2CC2)c1COc1cc(F)c(C)cc1C. The highest BCUT2D eigenvalue weighted by molar-refractivity contribution is 5.91. The minimum Gasteiger partial charge on any atom is -0.488 e. The molecule has 0 bridgehead atoms. The van der Waals surface area contributed by atoms with Crippen LogP contribution in [0, 0.1) is 19.7 Å². The van der Waals surface area contributed by atoms with Crippen LogP contribution < -0.4 is 4.74 Å². The molecule has 0 unspecified atom stereocenters. The van der Waals surface area contributed by atoms with Crippen LogP contribution in [0.15, 0.2) is 30.3 Å². The summed E-state index contributed by atoms with van der Waals surface area (Å²) in [7, 11) is 1.37. The zero-order valence-electron chi connectivity index (χ0n) is 14.2. The molecule has 1 aliphatic carbocycles. The van der Waals surface area contributed by atoms with Crippen LogP contribution in [0.3, 0.4) is 0 Å². The van der Waals surface area contributed by atoms with Crippen LogP contribution in [0.4, 0.5) is 4.39 Å². The van der Waals surface area contributed by atoms with E-state index in [0.717, 1.165) is 29.5 Å². The molecule has 0 amide bonds. The lowest BCUT2D eigenvalue weighted by Crippen LogP contribution is -2.11. The molecule has 0 N–H and O–H groups in total. The molecular formula is C20H21FO3. The van der Waals surface area contributed by atoms with Gasteiger partial charge in [-0.2, -0.15) is 0 Å². The Hall–Kier alpha value is -2.36. The van der Waals surface area contributed by atoms with Gasteiger partial charge in [-0.15, -0.1) is 0 Å². The summed E-state index contributed by atoms with van der Waals surface area (Å²) in [6, 6.07) is 8.82. The summed E-state index contributed by atoms with van der Waals surface area (Å²) < 4.78 is 24.6. The van der Waals surface area contributed by atoms with Crippen LogP contribution in [0.5, 0.6) is 5.75 Å². The van der Waals surface area contributed by atoms with Crippen LogP contribution in [0.1, 0.15) is 51.4 Å². The third kappa shape index (κ3) is 3.28. The fourth-order valence-electron chi connectivity index (χ4n) is 2.96. The number of halogens is 1. The third-order valence-electron chi connectivity index (χ3n) is 4.46. The number of carbonyl (C=O) groups excluding carboxylic acids is 1. The van der Waals surface area contributed by atoms with Crippen molar-refractivity contribution >= 4 is 5.97 Å². The molecule has 1 saturated carbocycles. The Kier molecular flexibility index (Phi) is 4.56. The lowest BCUT2D eigenvalue weighted by Gasteiger charge is -2.16. The normalized spacial score (nSPS) is 13.7. The van der Waals surface area contributed by atoms with E-state index in [1.54, 1.807) is 19.1 Å². The fraction of sp³-hybridized carbons (Fsp3) is 0.350. The maximum atomic E-state index is 13.8. The number of methoxy groups -OCH3 is 1. The second-order valence-corrected chi connectivity index (χ2v) is 6.29. The minimum absolute atomic E-state index is 0.223. The largest absolute Gasteiger partial charge is 0.488 e. The van der Waals surface area contributed by atoms with Crippen molar-refractivity contribution in [2.75, 3.05) is 7.11 Å². The molecule has 1 fully saturated rings. The molecule has 0 saturated heterocycles. The van der Waals surface area contributed by atoms with Gasteiger partial charge in [-0.3, -0.25) is 0 Å². The molecule has 0 aromatic heterocycles. The summed E-state index contributed by atoms with van der Waals surface area (Å²) in [6.07, 6.45) is 2.24. The minimum atomic E-state index is -0.372. The van der Waals surface area contributed by atoms with Crippen molar-refractivity contribution in [1.29, 1.82) is 0 Å². The van der Waals surface area contributed by atoms with E-state index < -0.39 is 0 Å². The number of benzene rings is 2. The van der Waals surface area contributed by atoms with Gasteiger partial charge < -0.3 is 9.47 Å². The number of rotatable bonds is 5. The van der Waals surface area contributed by atoms with Gasteiger partial charge in [-0.25, -0.2) is 9.18 Å². The summed E-state index contributed by atoms with van der Waals surface area (Å²) >= 11 is 0. The molecule has 0 spiro atoms. The number of carbonyl (C=O) groups is 1. The highest BCUT2D eigenvalue weighted by Crippen LogP contribution is 2.42. The van der Waals surface area contributed by atoms with Crippen molar-refractivity contribution in [2.45, 2.75) is 39.2 Å².